The molecule has 4 N–H and O–H groups in total. The van der Waals surface area contributed by atoms with Crippen molar-refractivity contribution >= 4 is 17.7 Å². The fourth-order valence-corrected chi connectivity index (χ4v) is 3.09. The highest BCUT2D eigenvalue weighted by molar-refractivity contribution is 8.01. The van der Waals surface area contributed by atoms with E-state index in [0.29, 0.717) is 0 Å². The van der Waals surface area contributed by atoms with E-state index in [9.17, 15) is 25.2 Å². The second-order valence-electron chi connectivity index (χ2n) is 3.79. The Hall–Kier alpha value is -0.340. The maximum absolute atomic E-state index is 11.4. The van der Waals surface area contributed by atoms with Crippen molar-refractivity contribution in [2.45, 2.75) is 29.8 Å². The molecule has 0 aromatic carbocycles. The summed E-state index contributed by atoms with van der Waals surface area (Å²) in [5.74, 6) is 0.0430. The van der Waals surface area contributed by atoms with Crippen molar-refractivity contribution in [1.29, 1.82) is 0 Å². The van der Waals surface area contributed by atoms with Gasteiger partial charge in [-0.1, -0.05) is 0 Å². The van der Waals surface area contributed by atoms with E-state index in [2.05, 4.69) is 0 Å². The zero-order valence-electron chi connectivity index (χ0n) is 7.85. The molecule has 0 bridgehead atoms. The lowest BCUT2D eigenvalue weighted by Gasteiger charge is -2.26. The topological polar surface area (TPSA) is 101 Å². The van der Waals surface area contributed by atoms with Crippen LogP contribution in [0.25, 0.3) is 0 Å². The van der Waals surface area contributed by atoms with E-state index in [1.807, 2.05) is 0 Å². The lowest BCUT2D eigenvalue weighted by molar-refractivity contribution is -0.130. The average molecular weight is 235 g/mol. The molecule has 0 aliphatic carbocycles. The summed E-state index contributed by atoms with van der Waals surface area (Å²) in [6, 6.07) is 0. The summed E-state index contributed by atoms with van der Waals surface area (Å²) in [5.41, 5.74) is 0. The van der Waals surface area contributed by atoms with Crippen LogP contribution in [0.1, 0.15) is 0 Å². The third-order valence-electron chi connectivity index (χ3n) is 2.78. The molecule has 0 saturated carbocycles. The van der Waals surface area contributed by atoms with Crippen LogP contribution in [0.4, 0.5) is 0 Å². The summed E-state index contributed by atoms with van der Waals surface area (Å²) in [7, 11) is 0. The Morgan fingerprint density at radius 2 is 1.80 bits per heavy atom. The van der Waals surface area contributed by atoms with Crippen LogP contribution < -0.4 is 0 Å². The Kier molecular flexibility index (Phi) is 2.91. The predicted octanol–water partition coefficient (Wildman–Crippen LogP) is -2.65. The molecular formula is C8H13NO5S. The number of hydrogen-bond acceptors (Lipinski definition) is 6. The van der Waals surface area contributed by atoms with Crippen LogP contribution in [0, 0.1) is 0 Å². The molecule has 2 heterocycles. The number of aliphatic hydroxyl groups is 4. The van der Waals surface area contributed by atoms with Gasteiger partial charge < -0.3 is 25.3 Å². The third kappa shape index (κ3) is 1.74. The monoisotopic (exact) mass is 235 g/mol. The van der Waals surface area contributed by atoms with Crippen molar-refractivity contribution in [1.82, 2.24) is 4.90 Å². The Bertz CT molecular complexity index is 276. The summed E-state index contributed by atoms with van der Waals surface area (Å²) >= 11 is 1.21. The van der Waals surface area contributed by atoms with Gasteiger partial charge in [-0.15, -0.1) is 11.8 Å². The molecule has 0 spiro atoms. The first-order chi connectivity index (χ1) is 7.02. The summed E-state index contributed by atoms with van der Waals surface area (Å²) in [6.07, 6.45) is -5.29. The SMILES string of the molecule is O=C1CS[C@@H]2[C@@H](O)[C@@H](O)[C@H](O)[C@H](O)CN12. The molecule has 5 atom stereocenters. The van der Waals surface area contributed by atoms with Crippen LogP contribution in [0.3, 0.4) is 0 Å². The van der Waals surface area contributed by atoms with Crippen LogP contribution in [-0.2, 0) is 4.79 Å². The van der Waals surface area contributed by atoms with Gasteiger partial charge in [0.25, 0.3) is 0 Å². The molecule has 0 aromatic heterocycles. The molecule has 0 aromatic rings. The first-order valence-corrected chi connectivity index (χ1v) is 5.70. The molecule has 15 heavy (non-hydrogen) atoms. The van der Waals surface area contributed by atoms with Gasteiger partial charge in [0.05, 0.1) is 12.3 Å². The summed E-state index contributed by atoms with van der Waals surface area (Å²) < 4.78 is 0. The lowest BCUT2D eigenvalue weighted by atomic mass is 10.1. The van der Waals surface area contributed by atoms with Gasteiger partial charge >= 0.3 is 0 Å². The zero-order valence-corrected chi connectivity index (χ0v) is 8.67. The molecule has 6 nitrogen and oxygen atoms in total. The number of carbonyl (C=O) groups excluding carboxylic acids is 1. The van der Waals surface area contributed by atoms with E-state index in [1.165, 1.54) is 16.7 Å². The number of hydrogen-bond donors (Lipinski definition) is 4. The van der Waals surface area contributed by atoms with Crippen molar-refractivity contribution < 1.29 is 25.2 Å². The normalized spacial score (nSPS) is 46.5. The third-order valence-corrected chi connectivity index (χ3v) is 4.06. The van der Waals surface area contributed by atoms with Crippen molar-refractivity contribution in [3.8, 4) is 0 Å². The minimum absolute atomic E-state index is 0.0498. The standard InChI is InChI=1S/C8H13NO5S/c10-3-1-9-4(11)2-15-8(9)7(14)6(13)5(3)12/h3,5-8,10,12-14H,1-2H2/t3-,5-,6+,7+,8-/m1/s1. The van der Waals surface area contributed by atoms with Crippen molar-refractivity contribution in [3.05, 3.63) is 0 Å². The van der Waals surface area contributed by atoms with E-state index in [1.54, 1.807) is 0 Å². The Balaban J connectivity index is 2.25. The molecule has 7 heteroatoms. The van der Waals surface area contributed by atoms with Crippen molar-refractivity contribution in [2.24, 2.45) is 0 Å². The molecule has 0 radical (unpaired) electrons. The number of rotatable bonds is 0. The maximum atomic E-state index is 11.4. The molecule has 2 saturated heterocycles. The fourth-order valence-electron chi connectivity index (χ4n) is 1.87. The van der Waals surface area contributed by atoms with Gasteiger partial charge in [-0.05, 0) is 0 Å². The number of nitrogens with zero attached hydrogens (tertiary/aromatic N) is 1. The first-order valence-electron chi connectivity index (χ1n) is 4.65. The van der Waals surface area contributed by atoms with E-state index >= 15 is 0 Å². The van der Waals surface area contributed by atoms with Gasteiger partial charge in [-0.3, -0.25) is 4.79 Å². The highest BCUT2D eigenvalue weighted by Crippen LogP contribution is 2.32. The molecule has 2 rings (SSSR count). The second-order valence-corrected chi connectivity index (χ2v) is 4.89. The van der Waals surface area contributed by atoms with E-state index in [0.717, 1.165) is 0 Å². The summed E-state index contributed by atoms with van der Waals surface area (Å²) in [4.78, 5) is 12.7. The number of aliphatic hydroxyl groups excluding tert-OH is 4. The smallest absolute Gasteiger partial charge is 0.233 e. The van der Waals surface area contributed by atoms with Crippen LogP contribution in [0.2, 0.25) is 0 Å². The van der Waals surface area contributed by atoms with Crippen LogP contribution in [-0.4, -0.2) is 73.3 Å². The fraction of sp³-hybridized carbons (Fsp3) is 0.875. The van der Waals surface area contributed by atoms with Gasteiger partial charge in [0.1, 0.15) is 29.8 Å². The molecule has 2 fully saturated rings. The molecule has 0 unspecified atom stereocenters. The molecular weight excluding hydrogens is 222 g/mol. The Morgan fingerprint density at radius 3 is 2.47 bits per heavy atom. The minimum atomic E-state index is -1.42. The molecule has 86 valence electrons. The van der Waals surface area contributed by atoms with Crippen LogP contribution >= 0.6 is 11.8 Å². The van der Waals surface area contributed by atoms with Gasteiger partial charge in [-0.25, -0.2) is 0 Å². The average Bonchev–Trinajstić information content (AvgIpc) is 2.54. The van der Waals surface area contributed by atoms with Crippen molar-refractivity contribution in [3.63, 3.8) is 0 Å². The zero-order chi connectivity index (χ0) is 11.2. The van der Waals surface area contributed by atoms with Crippen LogP contribution in [0.5, 0.6) is 0 Å². The quantitative estimate of drug-likeness (QED) is 0.366. The van der Waals surface area contributed by atoms with Crippen LogP contribution in [0.15, 0.2) is 0 Å². The minimum Gasteiger partial charge on any atom is -0.388 e. The highest BCUT2D eigenvalue weighted by atomic mass is 32.2. The number of thioether (sulfide) groups is 1. The highest BCUT2D eigenvalue weighted by Gasteiger charge is 2.47. The predicted molar refractivity (Wildman–Crippen MR) is 52.0 cm³/mol. The van der Waals surface area contributed by atoms with Crippen molar-refractivity contribution in [2.75, 3.05) is 12.3 Å². The number of amides is 1. The van der Waals surface area contributed by atoms with Gasteiger partial charge in [0, 0.05) is 0 Å². The summed E-state index contributed by atoms with van der Waals surface area (Å²) in [6.45, 7) is -0.0498. The number of fused-ring (bicyclic) bond motifs is 1. The van der Waals surface area contributed by atoms with E-state index < -0.39 is 29.8 Å². The van der Waals surface area contributed by atoms with Gasteiger partial charge in [0.2, 0.25) is 5.91 Å². The maximum Gasteiger partial charge on any atom is 0.233 e. The van der Waals surface area contributed by atoms with E-state index in [4.69, 9.17) is 0 Å². The first kappa shape index (κ1) is 11.2. The Morgan fingerprint density at radius 1 is 1.13 bits per heavy atom. The van der Waals surface area contributed by atoms with Gasteiger partial charge in [-0.2, -0.15) is 0 Å². The van der Waals surface area contributed by atoms with Gasteiger partial charge in [0.15, 0.2) is 0 Å². The second kappa shape index (κ2) is 3.91. The molecule has 2 aliphatic rings. The molecule has 2 aliphatic heterocycles. The lowest BCUT2D eigenvalue weighted by Crippen LogP contribution is -2.45. The number of carbonyl (C=O) groups is 1. The molecule has 1 amide bonds. The summed E-state index contributed by atoms with van der Waals surface area (Å²) in [5, 5.41) is 37.6. The Labute approximate surface area is 90.5 Å². The van der Waals surface area contributed by atoms with E-state index in [-0.39, 0.29) is 18.2 Å². The largest absolute Gasteiger partial charge is 0.388 e.